The maximum Gasteiger partial charge on any atom is 0.272 e. The van der Waals surface area contributed by atoms with Gasteiger partial charge in [-0.25, -0.2) is 4.98 Å². The van der Waals surface area contributed by atoms with Crippen LogP contribution in [0.1, 0.15) is 16.2 Å². The van der Waals surface area contributed by atoms with Crippen molar-refractivity contribution in [3.8, 4) is 0 Å². The second-order valence-corrected chi connectivity index (χ2v) is 6.02. The molecule has 0 spiro atoms. The highest BCUT2D eigenvalue weighted by Gasteiger charge is 2.15. The molecular weight excluding hydrogens is 298 g/mol. The lowest BCUT2D eigenvalue weighted by atomic mass is 10.2. The maximum atomic E-state index is 12.4. The third kappa shape index (κ3) is 2.67. The summed E-state index contributed by atoms with van der Waals surface area (Å²) in [5.41, 5.74) is 2.24. The van der Waals surface area contributed by atoms with Crippen LogP contribution in [-0.4, -0.2) is 34.8 Å². The first-order valence-corrected chi connectivity index (χ1v) is 7.76. The minimum absolute atomic E-state index is 0.184. The molecule has 7 heteroatoms. The van der Waals surface area contributed by atoms with E-state index in [1.54, 1.807) is 16.0 Å². The van der Waals surface area contributed by atoms with Crippen LogP contribution in [0.5, 0.6) is 0 Å². The topological polar surface area (TPSA) is 63.1 Å². The number of fused-ring (bicyclic) bond motifs is 1. The Hall–Kier alpha value is -2.41. The third-order valence-corrected chi connectivity index (χ3v) is 4.38. The number of nitrogens with one attached hydrogen (secondary N) is 1. The van der Waals surface area contributed by atoms with Crippen molar-refractivity contribution < 1.29 is 4.79 Å². The molecule has 0 atom stereocenters. The number of carbonyl (C=O) groups excluding carboxylic acids is 1. The number of aryl methyl sites for hydroxylation is 1. The highest BCUT2D eigenvalue weighted by molar-refractivity contribution is 7.13. The van der Waals surface area contributed by atoms with Gasteiger partial charge >= 0.3 is 0 Å². The van der Waals surface area contributed by atoms with Crippen LogP contribution in [-0.2, 0) is 13.6 Å². The SMILES string of the molecule is CN(C)c1nc(CNC(=O)c2nn(C)c3ccccc23)cs1. The van der Waals surface area contributed by atoms with Crippen molar-refractivity contribution in [1.82, 2.24) is 20.1 Å². The molecule has 0 radical (unpaired) electrons. The predicted octanol–water partition coefficient (Wildman–Crippen LogP) is 2.03. The lowest BCUT2D eigenvalue weighted by Crippen LogP contribution is -2.23. The van der Waals surface area contributed by atoms with Crippen LogP contribution in [0.15, 0.2) is 29.6 Å². The van der Waals surface area contributed by atoms with E-state index in [4.69, 9.17) is 0 Å². The number of thiazole rings is 1. The van der Waals surface area contributed by atoms with Crippen molar-refractivity contribution in [3.05, 3.63) is 41.0 Å². The van der Waals surface area contributed by atoms with Gasteiger partial charge in [0, 0.05) is 31.9 Å². The molecule has 0 aliphatic rings. The molecule has 1 aromatic carbocycles. The average molecular weight is 315 g/mol. The van der Waals surface area contributed by atoms with Gasteiger partial charge in [-0.1, -0.05) is 18.2 Å². The number of hydrogen-bond donors (Lipinski definition) is 1. The van der Waals surface area contributed by atoms with E-state index in [2.05, 4.69) is 15.4 Å². The molecular formula is C15H17N5OS. The Morgan fingerprint density at radius 1 is 1.36 bits per heavy atom. The first-order valence-electron chi connectivity index (χ1n) is 6.88. The van der Waals surface area contributed by atoms with Crippen molar-refractivity contribution in [2.24, 2.45) is 7.05 Å². The standard InChI is InChI=1S/C15H17N5OS/c1-19(2)15-17-10(9-22-15)8-16-14(21)13-11-6-4-5-7-12(11)20(3)18-13/h4-7,9H,8H2,1-3H3,(H,16,21). The second-order valence-electron chi connectivity index (χ2n) is 5.19. The van der Waals surface area contributed by atoms with Gasteiger partial charge in [0.1, 0.15) is 0 Å². The van der Waals surface area contributed by atoms with Gasteiger partial charge < -0.3 is 10.2 Å². The summed E-state index contributed by atoms with van der Waals surface area (Å²) in [6, 6.07) is 7.70. The molecule has 114 valence electrons. The number of rotatable bonds is 4. The molecule has 6 nitrogen and oxygen atoms in total. The molecule has 3 rings (SSSR count). The summed E-state index contributed by atoms with van der Waals surface area (Å²) in [6.07, 6.45) is 0. The number of anilines is 1. The molecule has 0 fully saturated rings. The molecule has 3 aromatic rings. The van der Waals surface area contributed by atoms with Gasteiger partial charge in [0.2, 0.25) is 0 Å². The van der Waals surface area contributed by atoms with Crippen molar-refractivity contribution in [3.63, 3.8) is 0 Å². The molecule has 0 unspecified atom stereocenters. The van der Waals surface area contributed by atoms with E-state index in [0.717, 1.165) is 21.7 Å². The zero-order chi connectivity index (χ0) is 15.7. The van der Waals surface area contributed by atoms with Crippen molar-refractivity contribution >= 4 is 33.3 Å². The predicted molar refractivity (Wildman–Crippen MR) is 88.3 cm³/mol. The Kier molecular flexibility index (Phi) is 3.81. The molecule has 0 saturated carbocycles. The first kappa shape index (κ1) is 14.5. The van der Waals surface area contributed by atoms with Crippen LogP contribution in [0.3, 0.4) is 0 Å². The van der Waals surface area contributed by atoms with E-state index in [1.807, 2.05) is 55.7 Å². The number of hydrogen-bond acceptors (Lipinski definition) is 5. The summed E-state index contributed by atoms with van der Waals surface area (Å²) in [5.74, 6) is -0.184. The van der Waals surface area contributed by atoms with Gasteiger partial charge in [0.05, 0.1) is 17.8 Å². The molecule has 2 aromatic heterocycles. The van der Waals surface area contributed by atoms with Gasteiger partial charge in [-0.3, -0.25) is 9.48 Å². The largest absolute Gasteiger partial charge is 0.354 e. The van der Waals surface area contributed by atoms with Crippen LogP contribution in [0.25, 0.3) is 10.9 Å². The Bertz CT molecular complexity index is 820. The normalized spacial score (nSPS) is 10.9. The van der Waals surface area contributed by atoms with E-state index in [1.165, 1.54) is 0 Å². The summed E-state index contributed by atoms with van der Waals surface area (Å²) in [7, 11) is 5.73. The summed E-state index contributed by atoms with van der Waals surface area (Å²) in [5, 5.41) is 10.9. The van der Waals surface area contributed by atoms with Gasteiger partial charge in [-0.2, -0.15) is 5.10 Å². The van der Waals surface area contributed by atoms with E-state index in [9.17, 15) is 4.79 Å². The van der Waals surface area contributed by atoms with E-state index >= 15 is 0 Å². The molecule has 0 saturated heterocycles. The van der Waals surface area contributed by atoms with E-state index in [0.29, 0.717) is 12.2 Å². The van der Waals surface area contributed by atoms with Gasteiger partial charge in [-0.05, 0) is 6.07 Å². The molecule has 0 aliphatic heterocycles. The molecule has 1 amide bonds. The van der Waals surface area contributed by atoms with E-state index in [-0.39, 0.29) is 5.91 Å². The Morgan fingerprint density at radius 2 is 2.14 bits per heavy atom. The van der Waals surface area contributed by atoms with Crippen LogP contribution in [0.4, 0.5) is 5.13 Å². The van der Waals surface area contributed by atoms with Crippen LogP contribution >= 0.6 is 11.3 Å². The average Bonchev–Trinajstić information content (AvgIpc) is 3.11. The number of carbonyl (C=O) groups is 1. The maximum absolute atomic E-state index is 12.4. The minimum atomic E-state index is -0.184. The fourth-order valence-corrected chi connectivity index (χ4v) is 2.98. The molecule has 0 aliphatic carbocycles. The zero-order valence-electron chi connectivity index (χ0n) is 12.7. The molecule has 2 heterocycles. The first-order chi connectivity index (χ1) is 10.6. The summed E-state index contributed by atoms with van der Waals surface area (Å²) < 4.78 is 1.72. The highest BCUT2D eigenvalue weighted by atomic mass is 32.1. The summed E-state index contributed by atoms with van der Waals surface area (Å²) in [6.45, 7) is 0.397. The number of amides is 1. The number of para-hydroxylation sites is 1. The van der Waals surface area contributed by atoms with Gasteiger partial charge in [0.25, 0.3) is 5.91 Å². The summed E-state index contributed by atoms with van der Waals surface area (Å²) in [4.78, 5) is 18.8. The van der Waals surface area contributed by atoms with Crippen LogP contribution < -0.4 is 10.2 Å². The monoisotopic (exact) mass is 315 g/mol. The fraction of sp³-hybridized carbons (Fsp3) is 0.267. The Morgan fingerprint density at radius 3 is 2.86 bits per heavy atom. The van der Waals surface area contributed by atoms with Crippen molar-refractivity contribution in [1.29, 1.82) is 0 Å². The molecule has 1 N–H and O–H groups in total. The number of aromatic nitrogens is 3. The highest BCUT2D eigenvalue weighted by Crippen LogP contribution is 2.19. The van der Waals surface area contributed by atoms with E-state index < -0.39 is 0 Å². The van der Waals surface area contributed by atoms with Crippen LogP contribution in [0.2, 0.25) is 0 Å². The van der Waals surface area contributed by atoms with Crippen LogP contribution in [0, 0.1) is 0 Å². The Balaban J connectivity index is 1.76. The quantitative estimate of drug-likeness (QED) is 0.800. The lowest BCUT2D eigenvalue weighted by molar-refractivity contribution is 0.0946. The number of nitrogens with zero attached hydrogens (tertiary/aromatic N) is 4. The van der Waals surface area contributed by atoms with Crippen molar-refractivity contribution in [2.75, 3.05) is 19.0 Å². The fourth-order valence-electron chi connectivity index (χ4n) is 2.22. The number of benzene rings is 1. The second kappa shape index (κ2) is 5.76. The minimum Gasteiger partial charge on any atom is -0.354 e. The third-order valence-electron chi connectivity index (χ3n) is 3.33. The Labute approximate surface area is 132 Å². The summed E-state index contributed by atoms with van der Waals surface area (Å²) >= 11 is 1.56. The van der Waals surface area contributed by atoms with Gasteiger partial charge in [0.15, 0.2) is 10.8 Å². The lowest BCUT2D eigenvalue weighted by Gasteiger charge is -2.05. The molecule has 0 bridgehead atoms. The zero-order valence-corrected chi connectivity index (χ0v) is 13.5. The van der Waals surface area contributed by atoms with Gasteiger partial charge in [-0.15, -0.1) is 11.3 Å². The van der Waals surface area contributed by atoms with Crippen molar-refractivity contribution in [2.45, 2.75) is 6.54 Å². The molecule has 22 heavy (non-hydrogen) atoms. The smallest absolute Gasteiger partial charge is 0.272 e.